The zero-order chi connectivity index (χ0) is 39.4. The first-order chi connectivity index (χ1) is 25.1. The number of nitrogens with two attached hydrogens (primary N) is 1. The Morgan fingerprint density at radius 1 is 1.13 bits per heavy atom. The van der Waals surface area contributed by atoms with Crippen molar-refractivity contribution in [3.8, 4) is 11.4 Å². The standard InChI is InChI=1S/C44H67N5O5/c1-27(2)28(3)40(8)18-19-41(9)30-14-15-33-39(7)21-32(49-36(46-26-47-49)29-13-12-20-48(52)22-29)35(54-24-43(11,45)38(4,5)6)44(33,25-53-23-39)31(30)16-17-42(41,10)34(40)37(50)51/h12-13,16,20,22,26-28,30,32-35H,14-15,17-19,21,23-25,45H2,1-11H3,(H,50,51)/t28-,30+,32-,33-,34-,35+,39-,40-,41-,42+,43+,44+/m1/s1. The number of carbonyl (C=O) groups is 1. The third-order valence-electron chi connectivity index (χ3n) is 17.2. The second-order valence-electron chi connectivity index (χ2n) is 21.0. The van der Waals surface area contributed by atoms with Crippen LogP contribution in [0.4, 0.5) is 0 Å². The number of hydrogen-bond acceptors (Lipinski definition) is 7. The van der Waals surface area contributed by atoms with Crippen molar-refractivity contribution in [2.45, 2.75) is 132 Å². The van der Waals surface area contributed by atoms with Crippen LogP contribution in [0.25, 0.3) is 11.4 Å². The number of aliphatic carboxylic acids is 1. The number of hydrogen-bond donors (Lipinski definition) is 2. The normalized spacial score (nSPS) is 40.8. The summed E-state index contributed by atoms with van der Waals surface area (Å²) in [7, 11) is 0. The molecule has 3 heterocycles. The molecular weight excluding hydrogens is 679 g/mol. The summed E-state index contributed by atoms with van der Waals surface area (Å²) in [6.45, 7) is 26.2. The lowest BCUT2D eigenvalue weighted by Crippen LogP contribution is -2.70. The molecule has 12 atom stereocenters. The highest BCUT2D eigenvalue weighted by atomic mass is 16.5. The monoisotopic (exact) mass is 746 g/mol. The lowest BCUT2D eigenvalue weighted by molar-refractivity contribution is -0.604. The zero-order valence-corrected chi connectivity index (χ0v) is 34.8. The molecular formula is C44H67N5O5. The average molecular weight is 746 g/mol. The van der Waals surface area contributed by atoms with E-state index in [1.54, 1.807) is 18.6 Å². The quantitative estimate of drug-likeness (QED) is 0.158. The molecule has 0 aromatic carbocycles. The summed E-state index contributed by atoms with van der Waals surface area (Å²) in [6.07, 6.45) is 12.2. The van der Waals surface area contributed by atoms with Gasteiger partial charge in [-0.3, -0.25) is 4.79 Å². The van der Waals surface area contributed by atoms with Gasteiger partial charge < -0.3 is 25.5 Å². The van der Waals surface area contributed by atoms with Crippen LogP contribution in [-0.2, 0) is 14.3 Å². The van der Waals surface area contributed by atoms with Gasteiger partial charge in [0.2, 0.25) is 0 Å². The van der Waals surface area contributed by atoms with E-state index in [0.29, 0.717) is 49.5 Å². The Balaban J connectivity index is 1.41. The molecule has 5 aliphatic rings. The van der Waals surface area contributed by atoms with Crippen LogP contribution in [0, 0.1) is 67.3 Å². The topological polar surface area (TPSA) is 139 Å². The number of nitrogens with zero attached hydrogens (tertiary/aromatic N) is 4. The molecule has 10 heteroatoms. The Morgan fingerprint density at radius 3 is 2.50 bits per heavy atom. The number of fused-ring (bicyclic) bond motifs is 3. The lowest BCUT2D eigenvalue weighted by atomic mass is 9.34. The van der Waals surface area contributed by atoms with Crippen LogP contribution >= 0.6 is 0 Å². The average Bonchev–Trinajstić information content (AvgIpc) is 3.57. The predicted molar refractivity (Wildman–Crippen MR) is 209 cm³/mol. The first kappa shape index (κ1) is 39.4. The second-order valence-corrected chi connectivity index (χ2v) is 21.0. The molecule has 0 radical (unpaired) electrons. The van der Waals surface area contributed by atoms with Crippen LogP contribution in [-0.4, -0.2) is 57.3 Å². The number of carboxylic acids is 1. The molecule has 0 spiro atoms. The van der Waals surface area contributed by atoms with E-state index in [9.17, 15) is 15.1 Å². The van der Waals surface area contributed by atoms with Crippen LogP contribution in [0.1, 0.15) is 121 Å². The molecule has 10 nitrogen and oxygen atoms in total. The van der Waals surface area contributed by atoms with Crippen molar-refractivity contribution >= 4 is 5.97 Å². The highest BCUT2D eigenvalue weighted by molar-refractivity contribution is 5.73. The van der Waals surface area contributed by atoms with E-state index in [4.69, 9.17) is 25.3 Å². The van der Waals surface area contributed by atoms with Crippen LogP contribution < -0.4 is 10.5 Å². The molecule has 3 saturated carbocycles. The number of aromatic nitrogens is 4. The van der Waals surface area contributed by atoms with Gasteiger partial charge in [0.05, 0.1) is 43.4 Å². The third kappa shape index (κ3) is 5.49. The van der Waals surface area contributed by atoms with Crippen LogP contribution in [0.3, 0.4) is 0 Å². The molecule has 1 aliphatic heterocycles. The van der Waals surface area contributed by atoms with Crippen molar-refractivity contribution in [2.75, 3.05) is 19.8 Å². The molecule has 2 aromatic rings. The molecule has 7 rings (SSSR count). The summed E-state index contributed by atoms with van der Waals surface area (Å²) < 4.78 is 17.0. The number of allylic oxidation sites excluding steroid dienone is 1. The van der Waals surface area contributed by atoms with Crippen molar-refractivity contribution in [2.24, 2.45) is 67.8 Å². The molecule has 0 amide bonds. The first-order valence-electron chi connectivity index (χ1n) is 20.6. The van der Waals surface area contributed by atoms with Gasteiger partial charge in [0.1, 0.15) is 6.33 Å². The van der Waals surface area contributed by atoms with Gasteiger partial charge in [-0.2, -0.15) is 9.83 Å². The van der Waals surface area contributed by atoms with E-state index < -0.39 is 28.3 Å². The summed E-state index contributed by atoms with van der Waals surface area (Å²) in [5, 5.41) is 28.6. The van der Waals surface area contributed by atoms with Crippen molar-refractivity contribution in [1.29, 1.82) is 0 Å². The number of pyridine rings is 1. The fourth-order valence-electron chi connectivity index (χ4n) is 12.9. The van der Waals surface area contributed by atoms with Gasteiger partial charge >= 0.3 is 5.97 Å². The summed E-state index contributed by atoms with van der Waals surface area (Å²) in [6, 6.07) is 3.45. The molecule has 1 saturated heterocycles. The fourth-order valence-corrected chi connectivity index (χ4v) is 12.9. The van der Waals surface area contributed by atoms with Crippen molar-refractivity contribution in [1.82, 2.24) is 14.8 Å². The Bertz CT molecular complexity index is 1800. The predicted octanol–water partition coefficient (Wildman–Crippen LogP) is 7.86. The molecule has 4 fully saturated rings. The molecule has 2 bridgehead atoms. The Labute approximate surface area is 323 Å². The van der Waals surface area contributed by atoms with E-state index >= 15 is 0 Å². The Hall–Kier alpha value is -2.82. The molecule has 4 aliphatic carbocycles. The maximum absolute atomic E-state index is 13.6. The van der Waals surface area contributed by atoms with Crippen molar-refractivity contribution in [3.63, 3.8) is 0 Å². The summed E-state index contributed by atoms with van der Waals surface area (Å²) in [5.74, 6) is 0.660. The van der Waals surface area contributed by atoms with Crippen LogP contribution in [0.5, 0.6) is 0 Å². The molecule has 0 unspecified atom stereocenters. The van der Waals surface area contributed by atoms with Crippen molar-refractivity contribution in [3.05, 3.63) is 47.7 Å². The van der Waals surface area contributed by atoms with E-state index in [0.717, 1.165) is 36.8 Å². The maximum atomic E-state index is 13.6. The van der Waals surface area contributed by atoms with Crippen LogP contribution in [0.15, 0.2) is 42.5 Å². The van der Waals surface area contributed by atoms with Crippen LogP contribution in [0.2, 0.25) is 0 Å². The molecule has 54 heavy (non-hydrogen) atoms. The SMILES string of the molecule is CC(C)[C@@H](C)[C@@]1(C)CC[C@]2(C)[C@H]3CC[C@@H]4[C@@]5(C)COC[C@@]4(C3=CC[C@@]2(C)[C@@H]1C(=O)O)[C@@H](OC[C@](C)(N)C(C)(C)C)[C@H](n1ncnc1-c1ccc[n+]([O-])c1)C5. The third-order valence-corrected chi connectivity index (χ3v) is 17.2. The van der Waals surface area contributed by atoms with E-state index in [2.05, 4.69) is 82.2 Å². The number of carboxylic acid groups (broad SMARTS) is 1. The van der Waals surface area contributed by atoms with E-state index in [-0.39, 0.29) is 45.6 Å². The minimum Gasteiger partial charge on any atom is -0.619 e. The Morgan fingerprint density at radius 2 is 1.85 bits per heavy atom. The summed E-state index contributed by atoms with van der Waals surface area (Å²) in [4.78, 5) is 18.4. The molecule has 2 aromatic heterocycles. The minimum atomic E-state index is -0.655. The maximum Gasteiger partial charge on any atom is 0.307 e. The fraction of sp³-hybridized carbons (Fsp3) is 0.773. The van der Waals surface area contributed by atoms with Crippen molar-refractivity contribution < 1.29 is 24.1 Å². The van der Waals surface area contributed by atoms with E-state index in [1.165, 1.54) is 11.8 Å². The molecule has 298 valence electrons. The first-order valence-corrected chi connectivity index (χ1v) is 20.6. The number of rotatable bonds is 8. The largest absolute Gasteiger partial charge is 0.619 e. The second kappa shape index (κ2) is 12.9. The Kier molecular flexibility index (Phi) is 9.38. The highest BCUT2D eigenvalue weighted by Crippen LogP contribution is 2.75. The van der Waals surface area contributed by atoms with Gasteiger partial charge in [-0.1, -0.05) is 80.9 Å². The van der Waals surface area contributed by atoms with Gasteiger partial charge in [-0.05, 0) is 102 Å². The zero-order valence-electron chi connectivity index (χ0n) is 34.8. The van der Waals surface area contributed by atoms with E-state index in [1.807, 2.05) is 10.7 Å². The van der Waals surface area contributed by atoms with Gasteiger partial charge in [0, 0.05) is 17.0 Å². The minimum absolute atomic E-state index is 0.175. The number of ether oxygens (including phenoxy) is 2. The van der Waals surface area contributed by atoms with Gasteiger partial charge in [0.15, 0.2) is 18.2 Å². The lowest BCUT2D eigenvalue weighted by Gasteiger charge is -2.71. The highest BCUT2D eigenvalue weighted by Gasteiger charge is 2.73. The van der Waals surface area contributed by atoms with Gasteiger partial charge in [-0.15, -0.1) is 0 Å². The molecule has 3 N–H and O–H groups in total. The smallest absolute Gasteiger partial charge is 0.307 e. The van der Waals surface area contributed by atoms with Gasteiger partial charge in [-0.25, -0.2) is 9.67 Å². The van der Waals surface area contributed by atoms with Gasteiger partial charge in [0.25, 0.3) is 0 Å². The summed E-state index contributed by atoms with van der Waals surface area (Å²) in [5.41, 5.74) is 6.71. The summed E-state index contributed by atoms with van der Waals surface area (Å²) >= 11 is 0.